The van der Waals surface area contributed by atoms with Gasteiger partial charge in [0.15, 0.2) is 0 Å². The SMILES string of the molecule is CC12CCC(C(=O)Oc3ccc(-c4ccc(C#N)cc4)cc3)(OC1=O)C2(C)C. The van der Waals surface area contributed by atoms with Crippen molar-refractivity contribution < 1.29 is 19.1 Å². The molecule has 0 spiro atoms. The fraction of sp³-hybridized carbons (Fsp3) is 0.348. The van der Waals surface area contributed by atoms with Gasteiger partial charge in [-0.25, -0.2) is 4.79 Å². The third kappa shape index (κ3) is 2.31. The van der Waals surface area contributed by atoms with Gasteiger partial charge in [0.25, 0.3) is 0 Å². The van der Waals surface area contributed by atoms with Gasteiger partial charge in [-0.05, 0) is 55.2 Å². The summed E-state index contributed by atoms with van der Waals surface area (Å²) in [5.74, 6) is -0.431. The maximum Gasteiger partial charge on any atom is 0.356 e. The summed E-state index contributed by atoms with van der Waals surface area (Å²) in [5.41, 5.74) is -0.00517. The van der Waals surface area contributed by atoms with Gasteiger partial charge in [-0.3, -0.25) is 4.79 Å². The van der Waals surface area contributed by atoms with Crippen LogP contribution in [0.25, 0.3) is 11.1 Å². The van der Waals surface area contributed by atoms with E-state index in [0.717, 1.165) is 11.1 Å². The second-order valence-electron chi connectivity index (χ2n) is 8.28. The van der Waals surface area contributed by atoms with Gasteiger partial charge in [-0.15, -0.1) is 0 Å². The molecule has 2 atom stereocenters. The summed E-state index contributed by atoms with van der Waals surface area (Å²) in [5, 5.41) is 8.89. The van der Waals surface area contributed by atoms with E-state index in [9.17, 15) is 9.59 Å². The number of nitrogens with zero attached hydrogens (tertiary/aromatic N) is 1. The van der Waals surface area contributed by atoms with Crippen LogP contribution in [-0.4, -0.2) is 17.5 Å². The van der Waals surface area contributed by atoms with Gasteiger partial charge in [0.05, 0.1) is 17.0 Å². The smallest absolute Gasteiger partial charge is 0.356 e. The lowest BCUT2D eigenvalue weighted by Crippen LogP contribution is -2.50. The van der Waals surface area contributed by atoms with Gasteiger partial charge in [0.2, 0.25) is 5.60 Å². The number of nitriles is 1. The van der Waals surface area contributed by atoms with Gasteiger partial charge in [-0.1, -0.05) is 38.1 Å². The third-order valence-corrected chi connectivity index (χ3v) is 6.83. The molecule has 142 valence electrons. The zero-order chi connectivity index (χ0) is 20.2. The lowest BCUT2D eigenvalue weighted by Gasteiger charge is -2.34. The third-order valence-electron chi connectivity index (χ3n) is 6.83. The van der Waals surface area contributed by atoms with Crippen LogP contribution in [-0.2, 0) is 14.3 Å². The van der Waals surface area contributed by atoms with Gasteiger partial charge in [0, 0.05) is 5.41 Å². The van der Waals surface area contributed by atoms with E-state index in [-0.39, 0.29) is 5.97 Å². The molecule has 0 N–H and O–H groups in total. The first-order valence-electron chi connectivity index (χ1n) is 9.30. The minimum atomic E-state index is -1.23. The molecule has 2 unspecified atom stereocenters. The Balaban J connectivity index is 1.54. The molecule has 2 fully saturated rings. The van der Waals surface area contributed by atoms with Crippen LogP contribution in [0.5, 0.6) is 5.75 Å². The minimum Gasteiger partial charge on any atom is -0.446 e. The molecule has 28 heavy (non-hydrogen) atoms. The average molecular weight is 375 g/mol. The molecule has 2 aromatic rings. The Morgan fingerprint density at radius 3 is 2.04 bits per heavy atom. The van der Waals surface area contributed by atoms with Crippen LogP contribution in [0.1, 0.15) is 39.2 Å². The molecule has 5 heteroatoms. The number of carbonyl (C=O) groups excluding carboxylic acids is 2. The summed E-state index contributed by atoms with van der Waals surface area (Å²) in [6.07, 6.45) is 1.09. The molecule has 0 amide bonds. The summed E-state index contributed by atoms with van der Waals surface area (Å²) >= 11 is 0. The lowest BCUT2D eigenvalue weighted by atomic mass is 9.66. The second-order valence-corrected chi connectivity index (χ2v) is 8.28. The number of benzene rings is 2. The Morgan fingerprint density at radius 1 is 1.00 bits per heavy atom. The van der Waals surface area contributed by atoms with Crippen molar-refractivity contribution in [2.75, 3.05) is 0 Å². The van der Waals surface area contributed by atoms with E-state index in [2.05, 4.69) is 6.07 Å². The number of carbonyl (C=O) groups is 2. The van der Waals surface area contributed by atoms with Crippen LogP contribution < -0.4 is 4.74 Å². The van der Waals surface area contributed by atoms with Crippen LogP contribution >= 0.6 is 0 Å². The molecule has 2 aromatic carbocycles. The van der Waals surface area contributed by atoms with Crippen LogP contribution in [0.2, 0.25) is 0 Å². The molecule has 1 heterocycles. The molecule has 1 saturated carbocycles. The number of esters is 2. The van der Waals surface area contributed by atoms with Crippen LogP contribution in [0.15, 0.2) is 48.5 Å². The van der Waals surface area contributed by atoms with E-state index in [0.29, 0.717) is 24.2 Å². The number of hydrogen-bond acceptors (Lipinski definition) is 5. The normalized spacial score (nSPS) is 27.1. The van der Waals surface area contributed by atoms with Crippen LogP contribution in [0.3, 0.4) is 0 Å². The van der Waals surface area contributed by atoms with Gasteiger partial charge >= 0.3 is 11.9 Å². The standard InChI is InChI=1S/C23H21NO4/c1-21(2)22(3)12-13-23(21,28-19(22)25)20(26)27-18-10-8-17(9-11-18)16-6-4-15(14-24)5-7-16/h4-11H,12-13H2,1-3H3. The minimum absolute atomic E-state index is 0.322. The average Bonchev–Trinajstić information content (AvgIpc) is 2.99. The maximum atomic E-state index is 13.0. The van der Waals surface area contributed by atoms with Crippen LogP contribution in [0, 0.1) is 22.2 Å². The molecule has 1 aliphatic carbocycles. The summed E-state index contributed by atoms with van der Waals surface area (Å²) in [6.45, 7) is 5.67. The molecule has 5 nitrogen and oxygen atoms in total. The van der Waals surface area contributed by atoms with Gasteiger partial charge in [0.1, 0.15) is 5.75 Å². The van der Waals surface area contributed by atoms with Gasteiger partial charge in [-0.2, -0.15) is 5.26 Å². The van der Waals surface area contributed by atoms with E-state index in [1.165, 1.54) is 0 Å². The van der Waals surface area contributed by atoms with Crippen molar-refractivity contribution in [2.24, 2.45) is 10.8 Å². The highest BCUT2D eigenvalue weighted by molar-refractivity contribution is 5.94. The van der Waals surface area contributed by atoms with Crippen molar-refractivity contribution in [3.8, 4) is 22.9 Å². The zero-order valence-corrected chi connectivity index (χ0v) is 16.1. The Kier molecular flexibility index (Phi) is 3.87. The topological polar surface area (TPSA) is 76.4 Å². The zero-order valence-electron chi connectivity index (χ0n) is 16.1. The largest absolute Gasteiger partial charge is 0.446 e. The molecular formula is C23H21NO4. The summed E-state index contributed by atoms with van der Waals surface area (Å²) < 4.78 is 11.2. The second kappa shape index (κ2) is 5.93. The lowest BCUT2D eigenvalue weighted by molar-refractivity contribution is -0.176. The first kappa shape index (κ1) is 18.2. The van der Waals surface area contributed by atoms with Crippen molar-refractivity contribution in [1.29, 1.82) is 5.26 Å². The van der Waals surface area contributed by atoms with Crippen molar-refractivity contribution in [3.63, 3.8) is 0 Å². The highest BCUT2D eigenvalue weighted by Crippen LogP contribution is 2.65. The van der Waals surface area contributed by atoms with Gasteiger partial charge < -0.3 is 9.47 Å². The fourth-order valence-corrected chi connectivity index (χ4v) is 4.34. The van der Waals surface area contributed by atoms with E-state index in [1.807, 2.05) is 45.0 Å². The summed E-state index contributed by atoms with van der Waals surface area (Å²) in [7, 11) is 0. The van der Waals surface area contributed by atoms with E-state index in [1.54, 1.807) is 24.3 Å². The maximum absolute atomic E-state index is 13.0. The highest BCUT2D eigenvalue weighted by Gasteiger charge is 2.76. The molecule has 2 aliphatic rings. The summed E-state index contributed by atoms with van der Waals surface area (Å²) in [4.78, 5) is 25.3. The number of fused-ring (bicyclic) bond motifs is 2. The van der Waals surface area contributed by atoms with Crippen molar-refractivity contribution in [3.05, 3.63) is 54.1 Å². The fourth-order valence-electron chi connectivity index (χ4n) is 4.34. The molecule has 4 rings (SSSR count). The number of ether oxygens (including phenoxy) is 2. The predicted octanol–water partition coefficient (Wildman–Crippen LogP) is 4.25. The molecule has 2 bridgehead atoms. The van der Waals surface area contributed by atoms with Crippen molar-refractivity contribution >= 4 is 11.9 Å². The molecule has 0 radical (unpaired) electrons. The summed E-state index contributed by atoms with van der Waals surface area (Å²) in [6, 6.07) is 16.5. The molecular weight excluding hydrogens is 354 g/mol. The highest BCUT2D eigenvalue weighted by atomic mass is 16.6. The van der Waals surface area contributed by atoms with Crippen molar-refractivity contribution in [1.82, 2.24) is 0 Å². The molecule has 1 saturated heterocycles. The first-order valence-corrected chi connectivity index (χ1v) is 9.30. The number of hydrogen-bond donors (Lipinski definition) is 0. The van der Waals surface area contributed by atoms with Crippen molar-refractivity contribution in [2.45, 2.75) is 39.2 Å². The van der Waals surface area contributed by atoms with E-state index in [4.69, 9.17) is 14.7 Å². The first-order chi connectivity index (χ1) is 13.2. The van der Waals surface area contributed by atoms with E-state index < -0.39 is 22.4 Å². The predicted molar refractivity (Wildman–Crippen MR) is 102 cm³/mol. The monoisotopic (exact) mass is 375 g/mol. The molecule has 1 aliphatic heterocycles. The Labute approximate surface area is 163 Å². The van der Waals surface area contributed by atoms with E-state index >= 15 is 0 Å². The Hall–Kier alpha value is -3.13. The quantitative estimate of drug-likeness (QED) is 0.592. The Morgan fingerprint density at radius 2 is 1.57 bits per heavy atom. The Bertz CT molecular complexity index is 1000. The number of rotatable bonds is 3. The van der Waals surface area contributed by atoms with Crippen LogP contribution in [0.4, 0.5) is 0 Å². The molecule has 0 aromatic heterocycles.